The van der Waals surface area contributed by atoms with Crippen molar-refractivity contribution in [2.75, 3.05) is 5.32 Å². The van der Waals surface area contributed by atoms with Gasteiger partial charge in [-0.05, 0) is 36.2 Å². The lowest BCUT2D eigenvalue weighted by atomic mass is 10.1. The number of hydrogen-bond acceptors (Lipinski definition) is 2. The lowest BCUT2D eigenvalue weighted by Crippen LogP contribution is -2.12. The minimum Gasteiger partial charge on any atom is -0.321 e. The van der Waals surface area contributed by atoms with Gasteiger partial charge >= 0.3 is 0 Å². The number of fused-ring (bicyclic) bond motifs is 1. The molecule has 0 unspecified atom stereocenters. The third kappa shape index (κ3) is 2.40. The molecule has 0 aliphatic carbocycles. The van der Waals surface area contributed by atoms with Crippen molar-refractivity contribution in [1.29, 1.82) is 0 Å². The second-order valence-corrected chi connectivity index (χ2v) is 4.60. The van der Waals surface area contributed by atoms with Crippen molar-refractivity contribution < 1.29 is 4.79 Å². The molecule has 0 radical (unpaired) electrons. The summed E-state index contributed by atoms with van der Waals surface area (Å²) in [4.78, 5) is 16.4. The second kappa shape index (κ2) is 5.17. The zero-order chi connectivity index (χ0) is 13.9. The van der Waals surface area contributed by atoms with Gasteiger partial charge in [0.05, 0.1) is 0 Å². The molecule has 0 bridgehead atoms. The summed E-state index contributed by atoms with van der Waals surface area (Å²) in [7, 11) is 0. The van der Waals surface area contributed by atoms with E-state index >= 15 is 0 Å². The first-order chi connectivity index (χ1) is 9.76. The van der Waals surface area contributed by atoms with E-state index < -0.39 is 0 Å². The molecule has 20 heavy (non-hydrogen) atoms. The Morgan fingerprint density at radius 3 is 2.70 bits per heavy atom. The third-order valence-corrected chi connectivity index (χ3v) is 3.22. The molecule has 1 N–H and O–H groups in total. The highest BCUT2D eigenvalue weighted by Crippen LogP contribution is 2.12. The van der Waals surface area contributed by atoms with Crippen molar-refractivity contribution in [2.45, 2.75) is 13.3 Å². The molecule has 0 saturated carbocycles. The Hall–Kier alpha value is -2.62. The highest BCUT2D eigenvalue weighted by molar-refractivity contribution is 6.03. The van der Waals surface area contributed by atoms with Gasteiger partial charge in [-0.15, -0.1) is 0 Å². The van der Waals surface area contributed by atoms with Crippen molar-refractivity contribution in [1.82, 2.24) is 9.38 Å². The number of carbonyl (C=O) groups excluding carboxylic acids is 1. The predicted octanol–water partition coefficient (Wildman–Crippen LogP) is 3.15. The van der Waals surface area contributed by atoms with Crippen LogP contribution in [0.4, 0.5) is 5.69 Å². The average molecular weight is 265 g/mol. The van der Waals surface area contributed by atoms with Crippen LogP contribution in [0.1, 0.15) is 23.0 Å². The van der Waals surface area contributed by atoms with Gasteiger partial charge in [-0.3, -0.25) is 4.79 Å². The number of benzene rings is 1. The fraction of sp³-hybridized carbons (Fsp3) is 0.125. The Bertz CT molecular complexity index is 711. The third-order valence-electron chi connectivity index (χ3n) is 3.22. The van der Waals surface area contributed by atoms with E-state index in [1.807, 2.05) is 53.1 Å². The van der Waals surface area contributed by atoms with E-state index in [0.29, 0.717) is 5.69 Å². The van der Waals surface area contributed by atoms with Crippen LogP contribution in [0.2, 0.25) is 0 Å². The number of rotatable bonds is 3. The number of aromatic nitrogens is 2. The molecule has 0 saturated heterocycles. The molecule has 3 rings (SSSR count). The maximum absolute atomic E-state index is 12.2. The van der Waals surface area contributed by atoms with Gasteiger partial charge in [0.25, 0.3) is 5.91 Å². The van der Waals surface area contributed by atoms with Crippen molar-refractivity contribution in [3.05, 3.63) is 66.1 Å². The minimum atomic E-state index is -0.196. The molecule has 4 nitrogen and oxygen atoms in total. The molecule has 0 aliphatic heterocycles. The molecule has 0 fully saturated rings. The maximum Gasteiger partial charge on any atom is 0.275 e. The largest absolute Gasteiger partial charge is 0.321 e. The Balaban J connectivity index is 1.81. The topological polar surface area (TPSA) is 46.4 Å². The van der Waals surface area contributed by atoms with E-state index in [1.165, 1.54) is 5.56 Å². The Morgan fingerprint density at radius 2 is 2.00 bits per heavy atom. The fourth-order valence-corrected chi connectivity index (χ4v) is 2.06. The molecule has 0 atom stereocenters. The summed E-state index contributed by atoms with van der Waals surface area (Å²) in [6.07, 6.45) is 4.58. The number of nitrogens with one attached hydrogen (secondary N) is 1. The van der Waals surface area contributed by atoms with Crippen molar-refractivity contribution >= 4 is 17.2 Å². The van der Waals surface area contributed by atoms with Crippen LogP contribution in [0.3, 0.4) is 0 Å². The molecule has 0 spiro atoms. The normalized spacial score (nSPS) is 10.7. The quantitative estimate of drug-likeness (QED) is 0.790. The van der Waals surface area contributed by atoms with E-state index in [-0.39, 0.29) is 5.91 Å². The van der Waals surface area contributed by atoms with Crippen LogP contribution < -0.4 is 5.32 Å². The monoisotopic (exact) mass is 265 g/mol. The Morgan fingerprint density at radius 1 is 1.20 bits per heavy atom. The van der Waals surface area contributed by atoms with E-state index in [9.17, 15) is 4.79 Å². The van der Waals surface area contributed by atoms with Gasteiger partial charge in [0.15, 0.2) is 0 Å². The Kier molecular flexibility index (Phi) is 3.21. The van der Waals surface area contributed by atoms with E-state index in [0.717, 1.165) is 17.8 Å². The van der Waals surface area contributed by atoms with Crippen LogP contribution in [-0.4, -0.2) is 15.3 Å². The van der Waals surface area contributed by atoms with Gasteiger partial charge in [-0.1, -0.05) is 25.1 Å². The van der Waals surface area contributed by atoms with Crippen LogP contribution in [0.15, 0.2) is 54.9 Å². The van der Waals surface area contributed by atoms with Crippen LogP contribution in [0.25, 0.3) is 5.65 Å². The maximum atomic E-state index is 12.2. The number of nitrogens with zero attached hydrogens (tertiary/aromatic N) is 2. The van der Waals surface area contributed by atoms with E-state index in [4.69, 9.17) is 0 Å². The van der Waals surface area contributed by atoms with E-state index in [1.54, 1.807) is 6.20 Å². The summed E-state index contributed by atoms with van der Waals surface area (Å²) < 4.78 is 1.83. The van der Waals surface area contributed by atoms with Crippen LogP contribution >= 0.6 is 0 Å². The number of aryl methyl sites for hydroxylation is 1. The van der Waals surface area contributed by atoms with Gasteiger partial charge in [-0.2, -0.15) is 0 Å². The number of pyridine rings is 1. The second-order valence-electron chi connectivity index (χ2n) is 4.60. The molecule has 0 aliphatic rings. The molecule has 1 aromatic carbocycles. The van der Waals surface area contributed by atoms with Crippen LogP contribution in [0.5, 0.6) is 0 Å². The van der Waals surface area contributed by atoms with Gasteiger partial charge in [0.1, 0.15) is 11.3 Å². The fourth-order valence-electron chi connectivity index (χ4n) is 2.06. The average Bonchev–Trinajstić information content (AvgIpc) is 2.92. The highest BCUT2D eigenvalue weighted by atomic mass is 16.1. The number of hydrogen-bond donors (Lipinski definition) is 1. The van der Waals surface area contributed by atoms with Gasteiger partial charge in [0, 0.05) is 18.1 Å². The summed E-state index contributed by atoms with van der Waals surface area (Å²) in [5.74, 6) is -0.196. The standard InChI is InChI=1S/C16H15N3O/c1-2-12-6-8-13(9-7-12)17-16(20)14-11-19-10-4-3-5-15(19)18-14/h3-11H,2H2,1H3,(H,17,20). The first-order valence-electron chi connectivity index (χ1n) is 6.60. The van der Waals surface area contributed by atoms with Crippen LogP contribution in [0, 0.1) is 0 Å². The molecule has 3 aromatic rings. The van der Waals surface area contributed by atoms with Gasteiger partial charge in [-0.25, -0.2) is 4.98 Å². The van der Waals surface area contributed by atoms with Gasteiger partial charge in [0.2, 0.25) is 0 Å². The first kappa shape index (κ1) is 12.4. The predicted molar refractivity (Wildman–Crippen MR) is 79.0 cm³/mol. The first-order valence-corrected chi connectivity index (χ1v) is 6.60. The lowest BCUT2D eigenvalue weighted by molar-refractivity contribution is 0.102. The zero-order valence-corrected chi connectivity index (χ0v) is 11.2. The highest BCUT2D eigenvalue weighted by Gasteiger charge is 2.10. The molecule has 100 valence electrons. The minimum absolute atomic E-state index is 0.196. The summed E-state index contributed by atoms with van der Waals surface area (Å²) in [5.41, 5.74) is 3.20. The summed E-state index contributed by atoms with van der Waals surface area (Å²) in [6.45, 7) is 2.10. The SMILES string of the molecule is CCc1ccc(NC(=O)c2cn3ccccc3n2)cc1. The van der Waals surface area contributed by atoms with Crippen molar-refractivity contribution in [3.63, 3.8) is 0 Å². The summed E-state index contributed by atoms with van der Waals surface area (Å²) in [6, 6.07) is 13.5. The zero-order valence-electron chi connectivity index (χ0n) is 11.2. The van der Waals surface area contributed by atoms with Crippen molar-refractivity contribution in [2.24, 2.45) is 0 Å². The molecule has 4 heteroatoms. The molecule has 1 amide bonds. The number of carbonyl (C=O) groups is 1. The van der Waals surface area contributed by atoms with Crippen molar-refractivity contribution in [3.8, 4) is 0 Å². The molecule has 2 heterocycles. The molecular formula is C16H15N3O. The molecule has 2 aromatic heterocycles. The number of anilines is 1. The summed E-state index contributed by atoms with van der Waals surface area (Å²) in [5, 5.41) is 2.86. The van der Waals surface area contributed by atoms with E-state index in [2.05, 4.69) is 17.2 Å². The summed E-state index contributed by atoms with van der Waals surface area (Å²) >= 11 is 0. The smallest absolute Gasteiger partial charge is 0.275 e. The lowest BCUT2D eigenvalue weighted by Gasteiger charge is -2.03. The Labute approximate surface area is 117 Å². The number of imidazole rings is 1. The molecular weight excluding hydrogens is 250 g/mol. The number of amides is 1. The van der Waals surface area contributed by atoms with Gasteiger partial charge < -0.3 is 9.72 Å². The van der Waals surface area contributed by atoms with Crippen LogP contribution in [-0.2, 0) is 6.42 Å².